The lowest BCUT2D eigenvalue weighted by Crippen LogP contribution is -2.46. The van der Waals surface area contributed by atoms with Gasteiger partial charge >= 0.3 is 6.09 Å². The molecule has 0 bridgehead atoms. The van der Waals surface area contributed by atoms with Crippen molar-refractivity contribution >= 4 is 6.09 Å². The number of aliphatic hydroxyl groups excluding tert-OH is 1. The van der Waals surface area contributed by atoms with Gasteiger partial charge in [-0.25, -0.2) is 4.79 Å². The zero-order chi connectivity index (χ0) is 14.0. The number of amides is 1. The van der Waals surface area contributed by atoms with Crippen molar-refractivity contribution in [3.63, 3.8) is 0 Å². The van der Waals surface area contributed by atoms with E-state index in [1.165, 1.54) is 19.3 Å². The fourth-order valence-electron chi connectivity index (χ4n) is 2.85. The molecule has 0 aliphatic carbocycles. The van der Waals surface area contributed by atoms with Gasteiger partial charge in [0.2, 0.25) is 0 Å². The SMILES string of the molecule is CC(C)(C)OC(=O)N1C[C@@H](O)[C@H](N2CCCCC2)C1. The number of likely N-dealkylation sites (tertiary alicyclic amines) is 2. The minimum atomic E-state index is -0.481. The summed E-state index contributed by atoms with van der Waals surface area (Å²) in [5.41, 5.74) is -0.481. The van der Waals surface area contributed by atoms with E-state index in [-0.39, 0.29) is 12.1 Å². The normalized spacial score (nSPS) is 29.6. The molecule has 0 aromatic carbocycles. The van der Waals surface area contributed by atoms with Crippen LogP contribution in [-0.2, 0) is 4.74 Å². The first-order valence-electron chi connectivity index (χ1n) is 7.27. The van der Waals surface area contributed by atoms with Gasteiger partial charge in [0.25, 0.3) is 0 Å². The Morgan fingerprint density at radius 2 is 1.79 bits per heavy atom. The van der Waals surface area contributed by atoms with Gasteiger partial charge in [-0.15, -0.1) is 0 Å². The number of hydrogen-bond donors (Lipinski definition) is 1. The Morgan fingerprint density at radius 3 is 2.37 bits per heavy atom. The Balaban J connectivity index is 1.91. The molecular formula is C14H26N2O3. The lowest BCUT2D eigenvalue weighted by molar-refractivity contribution is 0.0269. The second-order valence-corrected chi connectivity index (χ2v) is 6.62. The molecule has 0 unspecified atom stereocenters. The highest BCUT2D eigenvalue weighted by molar-refractivity contribution is 5.68. The number of β-amino-alcohol motifs (C(OH)–C–C–N with tert-alkyl or cyclic N) is 1. The van der Waals surface area contributed by atoms with E-state index in [1.54, 1.807) is 4.90 Å². The summed E-state index contributed by atoms with van der Waals surface area (Å²) in [5, 5.41) is 10.2. The number of rotatable bonds is 1. The minimum absolute atomic E-state index is 0.0767. The first-order valence-corrected chi connectivity index (χ1v) is 7.27. The molecule has 2 heterocycles. The highest BCUT2D eigenvalue weighted by atomic mass is 16.6. The van der Waals surface area contributed by atoms with Gasteiger partial charge < -0.3 is 14.7 Å². The Labute approximate surface area is 115 Å². The van der Waals surface area contributed by atoms with Crippen molar-refractivity contribution < 1.29 is 14.6 Å². The van der Waals surface area contributed by atoms with Gasteiger partial charge in [0.05, 0.1) is 18.7 Å². The van der Waals surface area contributed by atoms with Gasteiger partial charge in [-0.05, 0) is 46.7 Å². The largest absolute Gasteiger partial charge is 0.444 e. The third-order valence-electron chi connectivity index (χ3n) is 3.77. The molecular weight excluding hydrogens is 244 g/mol. The summed E-state index contributed by atoms with van der Waals surface area (Å²) >= 11 is 0. The Bertz CT molecular complexity index is 321. The third kappa shape index (κ3) is 3.83. The van der Waals surface area contributed by atoms with Crippen LogP contribution in [0.1, 0.15) is 40.0 Å². The quantitative estimate of drug-likeness (QED) is 0.783. The summed E-state index contributed by atoms with van der Waals surface area (Å²) in [4.78, 5) is 16.0. The van der Waals surface area contributed by atoms with Crippen molar-refractivity contribution in [2.45, 2.75) is 57.8 Å². The van der Waals surface area contributed by atoms with Crippen LogP contribution in [-0.4, -0.2) is 64.9 Å². The predicted octanol–water partition coefficient (Wildman–Crippen LogP) is 1.45. The molecule has 110 valence electrons. The molecule has 1 N–H and O–H groups in total. The first-order chi connectivity index (χ1) is 8.87. The number of carbonyl (C=O) groups excluding carboxylic acids is 1. The van der Waals surface area contributed by atoms with E-state index >= 15 is 0 Å². The number of ether oxygens (including phenoxy) is 1. The van der Waals surface area contributed by atoms with Crippen LogP contribution in [0.15, 0.2) is 0 Å². The summed E-state index contributed by atoms with van der Waals surface area (Å²) in [6.07, 6.45) is 2.89. The topological polar surface area (TPSA) is 53.0 Å². The molecule has 2 atom stereocenters. The highest BCUT2D eigenvalue weighted by Crippen LogP contribution is 2.22. The average Bonchev–Trinajstić information content (AvgIpc) is 2.70. The van der Waals surface area contributed by atoms with Gasteiger partial charge in [-0.3, -0.25) is 4.90 Å². The molecule has 2 aliphatic heterocycles. The molecule has 5 heteroatoms. The Morgan fingerprint density at radius 1 is 1.16 bits per heavy atom. The van der Waals surface area contributed by atoms with Crippen LogP contribution in [0.2, 0.25) is 0 Å². The molecule has 19 heavy (non-hydrogen) atoms. The summed E-state index contributed by atoms with van der Waals surface area (Å²) in [7, 11) is 0. The van der Waals surface area contributed by atoms with E-state index in [4.69, 9.17) is 4.74 Å². The lowest BCUT2D eigenvalue weighted by atomic mass is 10.1. The van der Waals surface area contributed by atoms with Crippen molar-refractivity contribution in [3.8, 4) is 0 Å². The van der Waals surface area contributed by atoms with E-state index in [2.05, 4.69) is 4.90 Å². The lowest BCUT2D eigenvalue weighted by Gasteiger charge is -2.33. The van der Waals surface area contributed by atoms with Gasteiger partial charge in [0, 0.05) is 6.54 Å². The zero-order valence-corrected chi connectivity index (χ0v) is 12.3. The zero-order valence-electron chi connectivity index (χ0n) is 12.3. The molecule has 2 aliphatic rings. The van der Waals surface area contributed by atoms with E-state index in [1.807, 2.05) is 20.8 Å². The van der Waals surface area contributed by atoms with Crippen molar-refractivity contribution in [1.82, 2.24) is 9.80 Å². The number of aliphatic hydroxyl groups is 1. The molecule has 1 amide bonds. The maximum atomic E-state index is 12.0. The predicted molar refractivity (Wildman–Crippen MR) is 73.0 cm³/mol. The standard InChI is InChI=1S/C14H26N2O3/c1-14(2,3)19-13(18)16-9-11(12(17)10-16)15-7-5-4-6-8-15/h11-12,17H,4-10H2,1-3H3/t11-,12-/m1/s1. The summed E-state index contributed by atoms with van der Waals surface area (Å²) in [6.45, 7) is 8.61. The molecule has 2 saturated heterocycles. The van der Waals surface area contributed by atoms with E-state index in [9.17, 15) is 9.90 Å². The fourth-order valence-corrected chi connectivity index (χ4v) is 2.85. The molecule has 0 radical (unpaired) electrons. The van der Waals surface area contributed by atoms with E-state index < -0.39 is 11.7 Å². The van der Waals surface area contributed by atoms with Gasteiger partial charge in [-0.2, -0.15) is 0 Å². The highest BCUT2D eigenvalue weighted by Gasteiger charge is 2.39. The number of carbonyl (C=O) groups is 1. The molecule has 0 aromatic rings. The van der Waals surface area contributed by atoms with Crippen molar-refractivity contribution in [2.75, 3.05) is 26.2 Å². The molecule has 0 aromatic heterocycles. The second kappa shape index (κ2) is 5.67. The second-order valence-electron chi connectivity index (χ2n) is 6.62. The van der Waals surface area contributed by atoms with Crippen LogP contribution >= 0.6 is 0 Å². The maximum Gasteiger partial charge on any atom is 0.410 e. The van der Waals surface area contributed by atoms with Crippen LogP contribution in [0.4, 0.5) is 4.79 Å². The fraction of sp³-hybridized carbons (Fsp3) is 0.929. The Hall–Kier alpha value is -0.810. The molecule has 5 nitrogen and oxygen atoms in total. The van der Waals surface area contributed by atoms with Crippen LogP contribution in [0.25, 0.3) is 0 Å². The van der Waals surface area contributed by atoms with Gasteiger partial charge in [0.15, 0.2) is 0 Å². The van der Waals surface area contributed by atoms with Gasteiger partial charge in [0.1, 0.15) is 5.60 Å². The minimum Gasteiger partial charge on any atom is -0.444 e. The van der Waals surface area contributed by atoms with Gasteiger partial charge in [-0.1, -0.05) is 6.42 Å². The van der Waals surface area contributed by atoms with Crippen LogP contribution in [0, 0.1) is 0 Å². The summed E-state index contributed by atoms with van der Waals surface area (Å²) in [6, 6.07) is 0.0767. The molecule has 0 spiro atoms. The summed E-state index contributed by atoms with van der Waals surface area (Å²) in [5.74, 6) is 0. The van der Waals surface area contributed by atoms with E-state index in [0.29, 0.717) is 13.1 Å². The number of piperidine rings is 1. The summed E-state index contributed by atoms with van der Waals surface area (Å²) < 4.78 is 5.36. The average molecular weight is 270 g/mol. The molecule has 2 rings (SSSR count). The van der Waals surface area contributed by atoms with Crippen LogP contribution < -0.4 is 0 Å². The van der Waals surface area contributed by atoms with Crippen LogP contribution in [0.3, 0.4) is 0 Å². The number of hydrogen-bond acceptors (Lipinski definition) is 4. The maximum absolute atomic E-state index is 12.0. The molecule has 2 fully saturated rings. The number of nitrogens with zero attached hydrogens (tertiary/aromatic N) is 2. The molecule has 0 saturated carbocycles. The smallest absolute Gasteiger partial charge is 0.410 e. The first kappa shape index (κ1) is 14.6. The van der Waals surface area contributed by atoms with Crippen molar-refractivity contribution in [2.24, 2.45) is 0 Å². The van der Waals surface area contributed by atoms with E-state index in [0.717, 1.165) is 13.1 Å². The van der Waals surface area contributed by atoms with Crippen LogP contribution in [0.5, 0.6) is 0 Å². The van der Waals surface area contributed by atoms with Crippen molar-refractivity contribution in [3.05, 3.63) is 0 Å². The monoisotopic (exact) mass is 270 g/mol. The third-order valence-corrected chi connectivity index (χ3v) is 3.77. The Kier molecular flexibility index (Phi) is 4.36. The van der Waals surface area contributed by atoms with Crippen molar-refractivity contribution in [1.29, 1.82) is 0 Å².